The molecule has 72 valence electrons. The van der Waals surface area contributed by atoms with Crippen molar-refractivity contribution >= 4 is 15.9 Å². The van der Waals surface area contributed by atoms with Crippen LogP contribution in [0.2, 0.25) is 0 Å². The van der Waals surface area contributed by atoms with E-state index >= 15 is 0 Å². The maximum absolute atomic E-state index is 12.4. The Morgan fingerprint density at radius 3 is 2.38 bits per heavy atom. The van der Waals surface area contributed by atoms with E-state index in [1.807, 2.05) is 0 Å². The number of aliphatic hydroxyl groups is 1. The summed E-state index contributed by atoms with van der Waals surface area (Å²) in [6.45, 7) is 1.10. The fourth-order valence-corrected chi connectivity index (χ4v) is 1.68. The minimum Gasteiger partial charge on any atom is -0.379 e. The molecule has 0 fully saturated rings. The molecule has 1 aromatic rings. The summed E-state index contributed by atoms with van der Waals surface area (Å²) < 4.78 is 25.3. The van der Waals surface area contributed by atoms with Crippen LogP contribution in [0.1, 0.15) is 12.5 Å². The second-order valence-electron chi connectivity index (χ2n) is 2.93. The summed E-state index contributed by atoms with van der Waals surface area (Å²) in [5.74, 6) is 0. The summed E-state index contributed by atoms with van der Waals surface area (Å²) in [6.07, 6.45) is -2.80. The zero-order valence-corrected chi connectivity index (χ0v) is 8.55. The molecule has 1 rings (SSSR count). The molecule has 1 aromatic carbocycles. The van der Waals surface area contributed by atoms with Crippen LogP contribution in [-0.4, -0.2) is 11.5 Å². The summed E-state index contributed by atoms with van der Waals surface area (Å²) in [4.78, 5) is 0. The summed E-state index contributed by atoms with van der Waals surface area (Å²) in [6, 6.07) is 6.40. The van der Waals surface area contributed by atoms with Crippen molar-refractivity contribution < 1.29 is 13.9 Å². The molecule has 0 saturated carbocycles. The van der Waals surface area contributed by atoms with Gasteiger partial charge in [-0.05, 0) is 13.0 Å². The number of rotatable bonds is 2. The second-order valence-corrected chi connectivity index (χ2v) is 3.78. The van der Waals surface area contributed by atoms with Crippen LogP contribution in [-0.2, 0) is 5.60 Å². The topological polar surface area (TPSA) is 20.2 Å². The van der Waals surface area contributed by atoms with Gasteiger partial charge < -0.3 is 5.11 Å². The lowest BCUT2D eigenvalue weighted by Crippen LogP contribution is -2.30. The molecule has 0 aliphatic rings. The van der Waals surface area contributed by atoms with Crippen molar-refractivity contribution in [2.45, 2.75) is 19.0 Å². The van der Waals surface area contributed by atoms with Gasteiger partial charge in [0.2, 0.25) is 0 Å². The minimum absolute atomic E-state index is 0.199. The first-order valence-electron chi connectivity index (χ1n) is 3.72. The van der Waals surface area contributed by atoms with Crippen molar-refractivity contribution in [2.24, 2.45) is 0 Å². The highest BCUT2D eigenvalue weighted by Crippen LogP contribution is 2.32. The van der Waals surface area contributed by atoms with E-state index in [9.17, 15) is 13.9 Å². The number of hydrogen-bond acceptors (Lipinski definition) is 1. The molecule has 0 amide bonds. The van der Waals surface area contributed by atoms with Crippen molar-refractivity contribution in [3.05, 3.63) is 34.3 Å². The van der Waals surface area contributed by atoms with Gasteiger partial charge in [-0.3, -0.25) is 0 Å². The Bertz CT molecular complexity index is 299. The molecule has 13 heavy (non-hydrogen) atoms. The van der Waals surface area contributed by atoms with Crippen molar-refractivity contribution in [3.8, 4) is 0 Å². The van der Waals surface area contributed by atoms with Crippen molar-refractivity contribution in [3.63, 3.8) is 0 Å². The third-order valence-electron chi connectivity index (χ3n) is 1.84. The normalized spacial score (nSPS) is 15.8. The van der Waals surface area contributed by atoms with E-state index in [2.05, 4.69) is 15.9 Å². The van der Waals surface area contributed by atoms with Gasteiger partial charge in [-0.25, -0.2) is 8.78 Å². The Balaban J connectivity index is 3.14. The van der Waals surface area contributed by atoms with Crippen molar-refractivity contribution in [1.82, 2.24) is 0 Å². The molecule has 0 aliphatic heterocycles. The van der Waals surface area contributed by atoms with Crippen LogP contribution in [0.25, 0.3) is 0 Å². The third kappa shape index (κ3) is 2.06. The molecule has 0 spiro atoms. The Hall–Kier alpha value is -0.480. The third-order valence-corrected chi connectivity index (χ3v) is 2.54. The molecule has 0 heterocycles. The standard InChI is InChI=1S/C9H9BrF2O/c1-9(13,8(11)12)6-4-2-3-5-7(6)10/h2-5,8,13H,1H3. The molecule has 1 unspecified atom stereocenters. The average molecular weight is 251 g/mol. The van der Waals surface area contributed by atoms with Crippen LogP contribution in [0.3, 0.4) is 0 Å². The summed E-state index contributed by atoms with van der Waals surface area (Å²) >= 11 is 3.11. The second kappa shape index (κ2) is 3.72. The maximum Gasteiger partial charge on any atom is 0.270 e. The van der Waals surface area contributed by atoms with Gasteiger partial charge in [0.25, 0.3) is 6.43 Å². The SMILES string of the molecule is CC(O)(c1ccccc1Br)C(F)F. The number of benzene rings is 1. The van der Waals surface area contributed by atoms with E-state index in [-0.39, 0.29) is 5.56 Å². The zero-order valence-electron chi connectivity index (χ0n) is 6.97. The van der Waals surface area contributed by atoms with E-state index < -0.39 is 12.0 Å². The van der Waals surface area contributed by atoms with Gasteiger partial charge in [-0.15, -0.1) is 0 Å². The van der Waals surface area contributed by atoms with Gasteiger partial charge in [0.05, 0.1) is 0 Å². The molecule has 1 nitrogen and oxygen atoms in total. The predicted octanol–water partition coefficient (Wildman–Crippen LogP) is 2.92. The van der Waals surface area contributed by atoms with Crippen LogP contribution in [0.4, 0.5) is 8.78 Å². The predicted molar refractivity (Wildman–Crippen MR) is 49.7 cm³/mol. The van der Waals surface area contributed by atoms with Gasteiger partial charge in [0, 0.05) is 10.0 Å². The Kier molecular flexibility index (Phi) is 3.03. The highest BCUT2D eigenvalue weighted by molar-refractivity contribution is 9.10. The molecule has 1 N–H and O–H groups in total. The van der Waals surface area contributed by atoms with E-state index in [0.29, 0.717) is 4.47 Å². The van der Waals surface area contributed by atoms with Crippen LogP contribution < -0.4 is 0 Å². The minimum atomic E-state index is -2.80. The van der Waals surface area contributed by atoms with Crippen LogP contribution in [0, 0.1) is 0 Å². The first kappa shape index (κ1) is 10.6. The molecular weight excluding hydrogens is 242 g/mol. The Morgan fingerprint density at radius 2 is 1.92 bits per heavy atom. The van der Waals surface area contributed by atoms with Crippen LogP contribution in [0.5, 0.6) is 0 Å². The molecule has 0 saturated heterocycles. The van der Waals surface area contributed by atoms with Gasteiger partial charge in [0.1, 0.15) is 5.60 Å². The highest BCUT2D eigenvalue weighted by atomic mass is 79.9. The highest BCUT2D eigenvalue weighted by Gasteiger charge is 2.35. The van der Waals surface area contributed by atoms with E-state index in [1.54, 1.807) is 18.2 Å². The number of hydrogen-bond donors (Lipinski definition) is 1. The maximum atomic E-state index is 12.4. The van der Waals surface area contributed by atoms with E-state index in [0.717, 1.165) is 6.92 Å². The fraction of sp³-hybridized carbons (Fsp3) is 0.333. The molecule has 0 radical (unpaired) electrons. The first-order chi connectivity index (χ1) is 5.96. The fourth-order valence-electron chi connectivity index (χ4n) is 0.989. The molecule has 0 aromatic heterocycles. The van der Waals surface area contributed by atoms with Gasteiger partial charge in [-0.2, -0.15) is 0 Å². The summed E-state index contributed by atoms with van der Waals surface area (Å²) in [5.41, 5.74) is -1.90. The molecular formula is C9H9BrF2O. The van der Waals surface area contributed by atoms with Crippen LogP contribution >= 0.6 is 15.9 Å². The lowest BCUT2D eigenvalue weighted by Gasteiger charge is -2.23. The van der Waals surface area contributed by atoms with E-state index in [4.69, 9.17) is 0 Å². The number of halogens is 3. The molecule has 1 atom stereocenters. The largest absolute Gasteiger partial charge is 0.379 e. The Morgan fingerprint density at radius 1 is 1.38 bits per heavy atom. The molecule has 0 aliphatic carbocycles. The van der Waals surface area contributed by atoms with Crippen molar-refractivity contribution in [2.75, 3.05) is 0 Å². The van der Waals surface area contributed by atoms with E-state index in [1.165, 1.54) is 6.07 Å². The van der Waals surface area contributed by atoms with Crippen LogP contribution in [0.15, 0.2) is 28.7 Å². The summed E-state index contributed by atoms with van der Waals surface area (Å²) in [7, 11) is 0. The molecule has 0 bridgehead atoms. The quantitative estimate of drug-likeness (QED) is 0.856. The Labute approximate surface area is 83.5 Å². The lowest BCUT2D eigenvalue weighted by molar-refractivity contribution is -0.0887. The smallest absolute Gasteiger partial charge is 0.270 e. The van der Waals surface area contributed by atoms with Gasteiger partial charge >= 0.3 is 0 Å². The number of alkyl halides is 2. The molecule has 4 heteroatoms. The zero-order chi connectivity index (χ0) is 10.1. The summed E-state index contributed by atoms with van der Waals surface area (Å²) in [5, 5.41) is 9.46. The van der Waals surface area contributed by atoms with Gasteiger partial charge in [-0.1, -0.05) is 34.1 Å². The van der Waals surface area contributed by atoms with Gasteiger partial charge in [0.15, 0.2) is 0 Å². The lowest BCUT2D eigenvalue weighted by atomic mass is 9.97. The average Bonchev–Trinajstić information content (AvgIpc) is 2.04. The first-order valence-corrected chi connectivity index (χ1v) is 4.51. The van der Waals surface area contributed by atoms with Crippen molar-refractivity contribution in [1.29, 1.82) is 0 Å². The monoisotopic (exact) mass is 250 g/mol.